The van der Waals surface area contributed by atoms with E-state index in [2.05, 4.69) is 0 Å². The van der Waals surface area contributed by atoms with Crippen molar-refractivity contribution in [1.29, 1.82) is 0 Å². The summed E-state index contributed by atoms with van der Waals surface area (Å²) in [6.45, 7) is 0.502. The zero-order valence-electron chi connectivity index (χ0n) is 18.6. The normalized spacial score (nSPS) is 33.4. The Balaban J connectivity index is 1.26. The summed E-state index contributed by atoms with van der Waals surface area (Å²) < 4.78 is 16.6. The Bertz CT molecular complexity index is 830. The molecule has 4 saturated carbocycles. The Morgan fingerprint density at radius 2 is 1.71 bits per heavy atom. The van der Waals surface area contributed by atoms with Crippen LogP contribution in [0.5, 0.6) is 11.5 Å². The fraction of sp³-hybridized carbons (Fsp3) is 0.680. The van der Waals surface area contributed by atoms with Gasteiger partial charge < -0.3 is 19.1 Å². The molecule has 6 rings (SSSR count). The zero-order valence-corrected chi connectivity index (χ0v) is 18.6. The number of nitrogens with zero attached hydrogens (tertiary/aromatic N) is 1. The lowest BCUT2D eigenvalue weighted by Gasteiger charge is -2.55. The number of amides is 1. The summed E-state index contributed by atoms with van der Waals surface area (Å²) in [6, 6.07) is 5.59. The summed E-state index contributed by atoms with van der Waals surface area (Å²) in [7, 11) is 3.27. The number of carbonyl (C=O) groups excluding carboxylic acids is 2. The number of hydrogen-bond acceptors (Lipinski definition) is 5. The highest BCUT2D eigenvalue weighted by Crippen LogP contribution is 2.60. The van der Waals surface area contributed by atoms with Gasteiger partial charge >= 0.3 is 5.97 Å². The first-order valence-corrected chi connectivity index (χ1v) is 11.7. The third-order valence-corrected chi connectivity index (χ3v) is 8.17. The first-order chi connectivity index (χ1) is 15.0. The van der Waals surface area contributed by atoms with Gasteiger partial charge in [0, 0.05) is 12.1 Å². The molecular formula is C25H33NO5. The van der Waals surface area contributed by atoms with Crippen molar-refractivity contribution < 1.29 is 23.8 Å². The number of methoxy groups -OCH3 is 2. The summed E-state index contributed by atoms with van der Waals surface area (Å²) in [5.41, 5.74) is 0.621. The summed E-state index contributed by atoms with van der Waals surface area (Å²) in [4.78, 5) is 28.1. The third-order valence-electron chi connectivity index (χ3n) is 8.17. The molecule has 1 amide bonds. The Kier molecular flexibility index (Phi) is 5.35. The van der Waals surface area contributed by atoms with Crippen LogP contribution in [0.25, 0.3) is 0 Å². The molecule has 5 fully saturated rings. The second-order valence-electron chi connectivity index (χ2n) is 10.1. The fourth-order valence-corrected chi connectivity index (χ4v) is 7.21. The van der Waals surface area contributed by atoms with Crippen molar-refractivity contribution in [2.75, 3.05) is 27.4 Å². The molecule has 0 spiro atoms. The molecule has 1 aliphatic heterocycles. The van der Waals surface area contributed by atoms with Gasteiger partial charge in [-0.25, -0.2) is 0 Å². The maximum atomic E-state index is 13.1. The topological polar surface area (TPSA) is 65.1 Å². The molecule has 4 bridgehead atoms. The second-order valence-corrected chi connectivity index (χ2v) is 10.1. The predicted octanol–water partition coefficient (Wildman–Crippen LogP) is 4.13. The van der Waals surface area contributed by atoms with Gasteiger partial charge in [0.15, 0.2) is 6.61 Å². The fourth-order valence-electron chi connectivity index (χ4n) is 7.21. The quantitative estimate of drug-likeness (QED) is 0.639. The molecular weight excluding hydrogens is 394 g/mol. The Morgan fingerprint density at radius 3 is 2.32 bits per heavy atom. The molecule has 0 unspecified atom stereocenters. The van der Waals surface area contributed by atoms with E-state index in [-0.39, 0.29) is 29.9 Å². The van der Waals surface area contributed by atoms with E-state index >= 15 is 0 Å². The number of carbonyl (C=O) groups is 2. The van der Waals surface area contributed by atoms with E-state index in [9.17, 15) is 9.59 Å². The summed E-state index contributed by atoms with van der Waals surface area (Å²) in [6.07, 6.45) is 8.49. The molecule has 31 heavy (non-hydrogen) atoms. The van der Waals surface area contributed by atoms with Gasteiger partial charge in [-0.15, -0.1) is 0 Å². The molecule has 0 aromatic heterocycles. The monoisotopic (exact) mass is 427 g/mol. The van der Waals surface area contributed by atoms with Crippen LogP contribution in [0.15, 0.2) is 18.2 Å². The van der Waals surface area contributed by atoms with Gasteiger partial charge in [-0.05, 0) is 87.3 Å². The van der Waals surface area contributed by atoms with Crippen LogP contribution in [0.3, 0.4) is 0 Å². The van der Waals surface area contributed by atoms with Crippen molar-refractivity contribution in [3.05, 3.63) is 23.8 Å². The average Bonchev–Trinajstić information content (AvgIpc) is 3.25. The molecule has 0 radical (unpaired) electrons. The van der Waals surface area contributed by atoms with Crippen molar-refractivity contribution >= 4 is 11.9 Å². The summed E-state index contributed by atoms with van der Waals surface area (Å²) in [5.74, 6) is 3.27. The Labute approximate surface area is 184 Å². The molecule has 1 saturated heterocycles. The van der Waals surface area contributed by atoms with E-state index in [4.69, 9.17) is 14.2 Å². The van der Waals surface area contributed by atoms with Gasteiger partial charge in [-0.3, -0.25) is 9.59 Å². The van der Waals surface area contributed by atoms with Crippen molar-refractivity contribution in [3.63, 3.8) is 0 Å². The molecule has 6 heteroatoms. The van der Waals surface area contributed by atoms with E-state index in [1.807, 2.05) is 23.1 Å². The minimum atomic E-state index is -0.324. The maximum Gasteiger partial charge on any atom is 0.312 e. The molecule has 1 atom stereocenters. The lowest BCUT2D eigenvalue weighted by Crippen LogP contribution is -2.51. The van der Waals surface area contributed by atoms with Crippen molar-refractivity contribution in [2.45, 2.75) is 57.4 Å². The smallest absolute Gasteiger partial charge is 0.312 e. The molecule has 5 aliphatic rings. The lowest BCUT2D eigenvalue weighted by molar-refractivity contribution is -0.174. The Morgan fingerprint density at radius 1 is 1.03 bits per heavy atom. The van der Waals surface area contributed by atoms with Gasteiger partial charge in [0.05, 0.1) is 25.7 Å². The summed E-state index contributed by atoms with van der Waals surface area (Å²) >= 11 is 0. The van der Waals surface area contributed by atoms with Crippen LogP contribution >= 0.6 is 0 Å². The standard InChI is InChI=1S/C25H33NO5/c1-29-19-5-6-22(30-2)20(11-19)21-4-3-7-26(21)23(27)15-31-24(28)25-12-16-8-17(13-25)10-18(9-16)14-25/h5-6,11,16-18,21H,3-4,7-10,12-15H2,1-2H3/t16?,17?,18?,21-,25?/m1/s1. The average molecular weight is 428 g/mol. The molecule has 0 N–H and O–H groups in total. The number of ether oxygens (including phenoxy) is 3. The Hall–Kier alpha value is -2.24. The second kappa shape index (κ2) is 8.03. The molecule has 1 heterocycles. The van der Waals surface area contributed by atoms with Crippen LogP contribution < -0.4 is 9.47 Å². The van der Waals surface area contributed by atoms with Gasteiger partial charge in [-0.1, -0.05) is 0 Å². The highest BCUT2D eigenvalue weighted by atomic mass is 16.5. The van der Waals surface area contributed by atoms with Gasteiger partial charge in [-0.2, -0.15) is 0 Å². The van der Waals surface area contributed by atoms with Crippen molar-refractivity contribution in [2.24, 2.45) is 23.2 Å². The zero-order chi connectivity index (χ0) is 21.6. The van der Waals surface area contributed by atoms with Crippen LogP contribution in [0.4, 0.5) is 0 Å². The van der Waals surface area contributed by atoms with E-state index in [1.54, 1.807) is 14.2 Å². The van der Waals surface area contributed by atoms with Crippen LogP contribution in [0.2, 0.25) is 0 Å². The van der Waals surface area contributed by atoms with Gasteiger partial charge in [0.25, 0.3) is 5.91 Å². The lowest BCUT2D eigenvalue weighted by atomic mass is 9.49. The van der Waals surface area contributed by atoms with E-state index in [0.717, 1.165) is 49.2 Å². The highest BCUT2D eigenvalue weighted by molar-refractivity contribution is 5.83. The highest BCUT2D eigenvalue weighted by Gasteiger charge is 2.55. The van der Waals surface area contributed by atoms with Crippen LogP contribution in [0, 0.1) is 23.2 Å². The summed E-state index contributed by atoms with van der Waals surface area (Å²) in [5, 5.41) is 0. The van der Waals surface area contributed by atoms with Crippen LogP contribution in [0.1, 0.15) is 63.0 Å². The minimum Gasteiger partial charge on any atom is -0.497 e. The van der Waals surface area contributed by atoms with E-state index in [1.165, 1.54) is 19.3 Å². The largest absolute Gasteiger partial charge is 0.497 e. The molecule has 6 nitrogen and oxygen atoms in total. The predicted molar refractivity (Wildman–Crippen MR) is 115 cm³/mol. The first-order valence-electron chi connectivity index (χ1n) is 11.7. The maximum absolute atomic E-state index is 13.1. The first kappa shape index (κ1) is 20.7. The molecule has 4 aliphatic carbocycles. The van der Waals surface area contributed by atoms with Crippen LogP contribution in [-0.2, 0) is 14.3 Å². The molecule has 1 aromatic carbocycles. The number of likely N-dealkylation sites (tertiary alicyclic amines) is 1. The van der Waals surface area contributed by atoms with Crippen molar-refractivity contribution in [1.82, 2.24) is 4.90 Å². The van der Waals surface area contributed by atoms with Gasteiger partial charge in [0.1, 0.15) is 11.5 Å². The van der Waals surface area contributed by atoms with Gasteiger partial charge in [0.2, 0.25) is 0 Å². The number of benzene rings is 1. The van der Waals surface area contributed by atoms with E-state index < -0.39 is 0 Å². The van der Waals surface area contributed by atoms with Crippen molar-refractivity contribution in [3.8, 4) is 11.5 Å². The minimum absolute atomic E-state index is 0.0872. The molecule has 1 aromatic rings. The number of hydrogen-bond donors (Lipinski definition) is 0. The van der Waals surface area contributed by atoms with E-state index in [0.29, 0.717) is 24.3 Å². The number of esters is 1. The SMILES string of the molecule is COc1ccc(OC)c([C@H]2CCCN2C(=O)COC(=O)C23CC4CC(CC(C4)C2)C3)c1. The number of rotatable bonds is 6. The third kappa shape index (κ3) is 3.68. The molecule has 168 valence electrons. The van der Waals surface area contributed by atoms with Crippen LogP contribution in [-0.4, -0.2) is 44.1 Å².